The first kappa shape index (κ1) is 10.6. The third-order valence-electron chi connectivity index (χ3n) is 2.41. The summed E-state index contributed by atoms with van der Waals surface area (Å²) >= 11 is 0. The van der Waals surface area contributed by atoms with Gasteiger partial charge in [0.25, 0.3) is 0 Å². The minimum absolute atomic E-state index is 0. The Morgan fingerprint density at radius 1 is 1.23 bits per heavy atom. The van der Waals surface area contributed by atoms with E-state index in [-0.39, 0.29) is 12.4 Å². The van der Waals surface area contributed by atoms with Crippen LogP contribution < -0.4 is 5.32 Å². The van der Waals surface area contributed by atoms with Gasteiger partial charge in [-0.05, 0) is 36.9 Å². The number of rotatable bonds is 3. The van der Waals surface area contributed by atoms with Crippen molar-refractivity contribution in [3.8, 4) is 0 Å². The Morgan fingerprint density at radius 3 is 2.31 bits per heavy atom. The molecule has 1 aromatic rings. The van der Waals surface area contributed by atoms with Crippen molar-refractivity contribution in [1.29, 1.82) is 0 Å². The summed E-state index contributed by atoms with van der Waals surface area (Å²) < 4.78 is 0. The molecule has 0 aliphatic heterocycles. The van der Waals surface area contributed by atoms with E-state index in [1.807, 2.05) is 7.05 Å². The van der Waals surface area contributed by atoms with Crippen LogP contribution >= 0.6 is 12.4 Å². The Morgan fingerprint density at radius 2 is 1.85 bits per heavy atom. The Labute approximate surface area is 86.0 Å². The monoisotopic (exact) mass is 197 g/mol. The zero-order chi connectivity index (χ0) is 8.39. The zero-order valence-corrected chi connectivity index (χ0v) is 8.73. The van der Waals surface area contributed by atoms with E-state index in [4.69, 9.17) is 0 Å². The average Bonchev–Trinajstić information content (AvgIpc) is 2.89. The molecule has 1 aliphatic rings. The van der Waals surface area contributed by atoms with Crippen LogP contribution in [0.3, 0.4) is 0 Å². The highest BCUT2D eigenvalue weighted by Gasteiger charge is 2.22. The first-order chi connectivity index (χ1) is 5.90. The van der Waals surface area contributed by atoms with Gasteiger partial charge in [-0.2, -0.15) is 0 Å². The van der Waals surface area contributed by atoms with E-state index in [9.17, 15) is 0 Å². The molecule has 1 aliphatic carbocycles. The lowest BCUT2D eigenvalue weighted by Gasteiger charge is -2.01. The number of halogens is 1. The second kappa shape index (κ2) is 4.64. The van der Waals surface area contributed by atoms with Crippen LogP contribution in [0.5, 0.6) is 0 Å². The van der Waals surface area contributed by atoms with Crippen molar-refractivity contribution in [2.45, 2.75) is 25.3 Å². The van der Waals surface area contributed by atoms with Crippen LogP contribution in [-0.2, 0) is 6.54 Å². The lowest BCUT2D eigenvalue weighted by molar-refractivity contribution is 0.817. The SMILES string of the molecule is CNCc1ccc(C2CC2)cc1.Cl. The number of nitrogens with one attached hydrogen (secondary N) is 1. The fourth-order valence-electron chi connectivity index (χ4n) is 1.53. The maximum Gasteiger partial charge on any atom is 0.0202 e. The molecule has 1 aromatic carbocycles. The van der Waals surface area contributed by atoms with E-state index in [2.05, 4.69) is 29.6 Å². The molecule has 0 atom stereocenters. The number of hydrogen-bond donors (Lipinski definition) is 1. The van der Waals surface area contributed by atoms with Crippen molar-refractivity contribution in [1.82, 2.24) is 5.32 Å². The molecule has 1 saturated carbocycles. The lowest BCUT2D eigenvalue weighted by Crippen LogP contribution is -2.04. The minimum atomic E-state index is 0. The molecule has 0 saturated heterocycles. The maximum atomic E-state index is 3.15. The predicted octanol–water partition coefficient (Wildman–Crippen LogP) is 2.71. The quantitative estimate of drug-likeness (QED) is 0.786. The van der Waals surface area contributed by atoms with E-state index >= 15 is 0 Å². The van der Waals surface area contributed by atoms with Crippen molar-refractivity contribution in [2.24, 2.45) is 0 Å². The van der Waals surface area contributed by atoms with Gasteiger partial charge in [-0.15, -0.1) is 12.4 Å². The molecular formula is C11H16ClN. The van der Waals surface area contributed by atoms with E-state index in [0.29, 0.717) is 0 Å². The highest BCUT2D eigenvalue weighted by Crippen LogP contribution is 2.39. The number of hydrogen-bond acceptors (Lipinski definition) is 1. The van der Waals surface area contributed by atoms with E-state index in [1.54, 1.807) is 0 Å². The van der Waals surface area contributed by atoms with Crippen LogP contribution in [0.15, 0.2) is 24.3 Å². The average molecular weight is 198 g/mol. The van der Waals surface area contributed by atoms with Gasteiger partial charge in [0.2, 0.25) is 0 Å². The largest absolute Gasteiger partial charge is 0.316 e. The lowest BCUT2D eigenvalue weighted by atomic mass is 10.1. The summed E-state index contributed by atoms with van der Waals surface area (Å²) in [6.45, 7) is 0.977. The molecular weight excluding hydrogens is 182 g/mol. The molecule has 1 N–H and O–H groups in total. The van der Waals surface area contributed by atoms with Gasteiger partial charge < -0.3 is 5.32 Å². The van der Waals surface area contributed by atoms with Gasteiger partial charge in [0.1, 0.15) is 0 Å². The molecule has 72 valence electrons. The van der Waals surface area contributed by atoms with Gasteiger partial charge in [-0.3, -0.25) is 0 Å². The summed E-state index contributed by atoms with van der Waals surface area (Å²) in [5, 5.41) is 3.15. The van der Waals surface area contributed by atoms with Gasteiger partial charge in [-0.25, -0.2) is 0 Å². The Bertz CT molecular complexity index is 251. The summed E-state index contributed by atoms with van der Waals surface area (Å²) in [4.78, 5) is 0. The van der Waals surface area contributed by atoms with Crippen LogP contribution in [0.2, 0.25) is 0 Å². The standard InChI is InChI=1S/C11H15N.ClH/c1-12-8-9-2-4-10(5-3-9)11-6-7-11;/h2-5,11-12H,6-8H2,1H3;1H. The summed E-state index contributed by atoms with van der Waals surface area (Å²) in [5.74, 6) is 0.883. The molecule has 0 radical (unpaired) electrons. The minimum Gasteiger partial charge on any atom is -0.316 e. The Kier molecular flexibility index (Phi) is 3.76. The van der Waals surface area contributed by atoms with Gasteiger partial charge in [0.15, 0.2) is 0 Å². The normalized spacial score (nSPS) is 15.2. The molecule has 1 fully saturated rings. The molecule has 2 rings (SSSR count). The summed E-state index contributed by atoms with van der Waals surface area (Å²) in [6.07, 6.45) is 2.79. The highest BCUT2D eigenvalue weighted by atomic mass is 35.5. The molecule has 2 heteroatoms. The van der Waals surface area contributed by atoms with Gasteiger partial charge in [0, 0.05) is 6.54 Å². The van der Waals surface area contributed by atoms with Crippen molar-refractivity contribution in [3.63, 3.8) is 0 Å². The third-order valence-corrected chi connectivity index (χ3v) is 2.41. The third kappa shape index (κ3) is 2.71. The van der Waals surface area contributed by atoms with Crippen molar-refractivity contribution in [3.05, 3.63) is 35.4 Å². The molecule has 0 spiro atoms. The molecule has 0 unspecified atom stereocenters. The second-order valence-electron chi connectivity index (χ2n) is 3.55. The molecule has 0 heterocycles. The van der Waals surface area contributed by atoms with Crippen molar-refractivity contribution < 1.29 is 0 Å². The molecule has 1 nitrogen and oxygen atoms in total. The van der Waals surface area contributed by atoms with Crippen LogP contribution in [0, 0.1) is 0 Å². The Hall–Kier alpha value is -0.530. The topological polar surface area (TPSA) is 12.0 Å². The molecule has 0 aromatic heterocycles. The molecule has 0 amide bonds. The van der Waals surface area contributed by atoms with Gasteiger partial charge in [-0.1, -0.05) is 24.3 Å². The molecule has 0 bridgehead atoms. The first-order valence-electron chi connectivity index (χ1n) is 4.63. The predicted molar refractivity (Wildman–Crippen MR) is 58.4 cm³/mol. The van der Waals surface area contributed by atoms with Gasteiger partial charge >= 0.3 is 0 Å². The van der Waals surface area contributed by atoms with Crippen LogP contribution in [0.25, 0.3) is 0 Å². The zero-order valence-electron chi connectivity index (χ0n) is 7.92. The maximum absolute atomic E-state index is 3.15. The second-order valence-corrected chi connectivity index (χ2v) is 3.55. The summed E-state index contributed by atoms with van der Waals surface area (Å²) in [6, 6.07) is 8.99. The van der Waals surface area contributed by atoms with Crippen LogP contribution in [0.4, 0.5) is 0 Å². The van der Waals surface area contributed by atoms with E-state index in [0.717, 1.165) is 12.5 Å². The fraction of sp³-hybridized carbons (Fsp3) is 0.455. The first-order valence-corrected chi connectivity index (χ1v) is 4.63. The highest BCUT2D eigenvalue weighted by molar-refractivity contribution is 5.85. The van der Waals surface area contributed by atoms with Crippen LogP contribution in [0.1, 0.15) is 29.9 Å². The Balaban J connectivity index is 0.000000845. The summed E-state index contributed by atoms with van der Waals surface area (Å²) in [5.41, 5.74) is 2.90. The van der Waals surface area contributed by atoms with Gasteiger partial charge in [0.05, 0.1) is 0 Å². The van der Waals surface area contributed by atoms with E-state index < -0.39 is 0 Å². The van der Waals surface area contributed by atoms with Crippen LogP contribution in [-0.4, -0.2) is 7.05 Å². The fourth-order valence-corrected chi connectivity index (χ4v) is 1.53. The number of benzene rings is 1. The van der Waals surface area contributed by atoms with E-state index in [1.165, 1.54) is 24.0 Å². The summed E-state index contributed by atoms with van der Waals surface area (Å²) in [7, 11) is 1.98. The van der Waals surface area contributed by atoms with Crippen molar-refractivity contribution in [2.75, 3.05) is 7.05 Å². The van der Waals surface area contributed by atoms with Crippen molar-refractivity contribution >= 4 is 12.4 Å². The smallest absolute Gasteiger partial charge is 0.0202 e. The molecule has 13 heavy (non-hydrogen) atoms.